The Hall–Kier alpha value is -2.10. The molecule has 0 aromatic heterocycles. The number of allylic oxidation sites excluding steroid dienone is 1. The molecule has 0 aliphatic rings. The van der Waals surface area contributed by atoms with E-state index in [9.17, 15) is 0 Å². The van der Waals surface area contributed by atoms with Gasteiger partial charge in [-0.15, -0.1) is 0 Å². The molecule has 2 rings (SSSR count). The van der Waals surface area contributed by atoms with Gasteiger partial charge in [-0.2, -0.15) is 10.5 Å². The molecule has 0 spiro atoms. The van der Waals surface area contributed by atoms with Crippen molar-refractivity contribution in [3.05, 3.63) is 52.0 Å². The zero-order chi connectivity index (χ0) is 12.3. The molecule has 0 N–H and O–H groups in total. The zero-order valence-electron chi connectivity index (χ0n) is 8.81. The molecule has 0 heterocycles. The maximum Gasteiger partial charge on any atom is 0.130 e. The lowest BCUT2D eigenvalue weighted by Gasteiger charge is -2.01. The number of rotatable bonds is 1. The van der Waals surface area contributed by atoms with Gasteiger partial charge < -0.3 is 0 Å². The van der Waals surface area contributed by atoms with E-state index < -0.39 is 0 Å². The molecule has 2 aromatic rings. The van der Waals surface area contributed by atoms with Gasteiger partial charge in [0.1, 0.15) is 17.7 Å². The van der Waals surface area contributed by atoms with Crippen LogP contribution in [0.25, 0.3) is 16.8 Å². The molecule has 0 saturated heterocycles. The van der Waals surface area contributed by atoms with Crippen LogP contribution in [0.5, 0.6) is 0 Å². The molecule has 0 bridgehead atoms. The van der Waals surface area contributed by atoms with Crippen LogP contribution in [0.2, 0.25) is 0 Å². The summed E-state index contributed by atoms with van der Waals surface area (Å²) in [6.45, 7) is 0. The third-order valence-corrected chi connectivity index (χ3v) is 3.10. The van der Waals surface area contributed by atoms with E-state index >= 15 is 0 Å². The first kappa shape index (κ1) is 11.4. The van der Waals surface area contributed by atoms with Crippen LogP contribution in [0.15, 0.2) is 46.4 Å². The van der Waals surface area contributed by atoms with Gasteiger partial charge in [0.25, 0.3) is 0 Å². The summed E-state index contributed by atoms with van der Waals surface area (Å²) in [5.41, 5.74) is 0.957. The van der Waals surface area contributed by atoms with Crippen molar-refractivity contribution in [3.8, 4) is 12.1 Å². The molecular weight excluding hydrogens is 276 g/mol. The molecule has 0 fully saturated rings. The minimum atomic E-state index is 0.108. The van der Waals surface area contributed by atoms with E-state index in [1.54, 1.807) is 6.08 Å². The van der Waals surface area contributed by atoms with Gasteiger partial charge in [-0.05, 0) is 34.5 Å². The molecule has 0 radical (unpaired) electrons. The van der Waals surface area contributed by atoms with E-state index in [1.165, 1.54) is 0 Å². The van der Waals surface area contributed by atoms with Gasteiger partial charge in [-0.1, -0.05) is 40.2 Å². The highest BCUT2D eigenvalue weighted by Gasteiger charge is 2.00. The lowest BCUT2D eigenvalue weighted by molar-refractivity contribution is 1.47. The minimum absolute atomic E-state index is 0.108. The largest absolute Gasteiger partial charge is 0.192 e. The van der Waals surface area contributed by atoms with Crippen LogP contribution >= 0.6 is 15.9 Å². The number of nitriles is 2. The van der Waals surface area contributed by atoms with Gasteiger partial charge >= 0.3 is 0 Å². The lowest BCUT2D eigenvalue weighted by atomic mass is 10.1. The van der Waals surface area contributed by atoms with Crippen molar-refractivity contribution in [2.24, 2.45) is 0 Å². The standard InChI is InChI=1S/C14H7BrN2/c15-14-3-1-2-12-5-4-10(7-13(12)14)6-11(8-16)9-17/h1-7H. The fraction of sp³-hybridized carbons (Fsp3) is 0. The first-order valence-corrected chi connectivity index (χ1v) is 5.74. The van der Waals surface area contributed by atoms with Crippen LogP contribution in [0, 0.1) is 22.7 Å². The molecule has 0 atom stereocenters. The fourth-order valence-corrected chi connectivity index (χ4v) is 2.09. The van der Waals surface area contributed by atoms with Gasteiger partial charge in [-0.25, -0.2) is 0 Å². The third kappa shape index (κ3) is 2.36. The Labute approximate surface area is 108 Å². The van der Waals surface area contributed by atoms with E-state index in [1.807, 2.05) is 48.5 Å². The number of halogens is 1. The predicted molar refractivity (Wildman–Crippen MR) is 70.9 cm³/mol. The summed E-state index contributed by atoms with van der Waals surface area (Å²) in [5, 5.41) is 19.6. The average molecular weight is 283 g/mol. The first-order valence-electron chi connectivity index (χ1n) is 4.95. The molecule has 3 heteroatoms. The molecule has 2 aromatic carbocycles. The molecule has 0 unspecified atom stereocenters. The van der Waals surface area contributed by atoms with Crippen LogP contribution in [0.3, 0.4) is 0 Å². The maximum atomic E-state index is 8.71. The number of fused-ring (bicyclic) bond motifs is 1. The van der Waals surface area contributed by atoms with Crippen molar-refractivity contribution in [1.29, 1.82) is 10.5 Å². The molecule has 17 heavy (non-hydrogen) atoms. The van der Waals surface area contributed by atoms with Crippen molar-refractivity contribution >= 4 is 32.8 Å². The second kappa shape index (κ2) is 4.82. The molecule has 0 aliphatic heterocycles. The summed E-state index contributed by atoms with van der Waals surface area (Å²) in [6, 6.07) is 15.5. The van der Waals surface area contributed by atoms with Crippen molar-refractivity contribution in [1.82, 2.24) is 0 Å². The summed E-state index contributed by atoms with van der Waals surface area (Å²) >= 11 is 3.48. The summed E-state index contributed by atoms with van der Waals surface area (Å²) in [5.74, 6) is 0. The minimum Gasteiger partial charge on any atom is -0.192 e. The summed E-state index contributed by atoms with van der Waals surface area (Å²) < 4.78 is 1.00. The Kier molecular flexibility index (Phi) is 3.23. The molecule has 0 saturated carbocycles. The van der Waals surface area contributed by atoms with Crippen LogP contribution in [-0.4, -0.2) is 0 Å². The SMILES string of the molecule is N#CC(C#N)=Cc1ccc2cccc(Br)c2c1. The van der Waals surface area contributed by atoms with E-state index in [0.29, 0.717) is 0 Å². The van der Waals surface area contributed by atoms with Crippen LogP contribution < -0.4 is 0 Å². The summed E-state index contributed by atoms with van der Waals surface area (Å²) in [7, 11) is 0. The van der Waals surface area contributed by atoms with E-state index in [4.69, 9.17) is 10.5 Å². The quantitative estimate of drug-likeness (QED) is 0.742. The van der Waals surface area contributed by atoms with Crippen molar-refractivity contribution in [3.63, 3.8) is 0 Å². The van der Waals surface area contributed by atoms with Gasteiger partial charge in [-0.3, -0.25) is 0 Å². The average Bonchev–Trinajstić information content (AvgIpc) is 2.37. The van der Waals surface area contributed by atoms with Crippen LogP contribution in [0.1, 0.15) is 5.56 Å². The summed E-state index contributed by atoms with van der Waals surface area (Å²) in [4.78, 5) is 0. The Morgan fingerprint density at radius 2 is 1.88 bits per heavy atom. The molecule has 0 aliphatic carbocycles. The van der Waals surface area contributed by atoms with E-state index in [-0.39, 0.29) is 5.57 Å². The zero-order valence-corrected chi connectivity index (χ0v) is 10.4. The number of hydrogen-bond acceptors (Lipinski definition) is 2. The van der Waals surface area contributed by atoms with Gasteiger partial charge in [0.05, 0.1) is 0 Å². The van der Waals surface area contributed by atoms with E-state index in [2.05, 4.69) is 15.9 Å². The first-order chi connectivity index (χ1) is 8.24. The molecular formula is C14H7BrN2. The topological polar surface area (TPSA) is 47.6 Å². The normalized spacial score (nSPS) is 9.35. The lowest BCUT2D eigenvalue weighted by Crippen LogP contribution is -1.79. The number of nitrogens with zero attached hydrogens (tertiary/aromatic N) is 2. The van der Waals surface area contributed by atoms with E-state index in [0.717, 1.165) is 20.8 Å². The Bertz CT molecular complexity index is 671. The number of benzene rings is 2. The Balaban J connectivity index is 2.61. The number of hydrogen-bond donors (Lipinski definition) is 0. The molecule has 80 valence electrons. The molecule has 0 amide bonds. The van der Waals surface area contributed by atoms with Crippen LogP contribution in [0.4, 0.5) is 0 Å². The Morgan fingerprint density at radius 1 is 1.12 bits per heavy atom. The highest BCUT2D eigenvalue weighted by Crippen LogP contribution is 2.25. The van der Waals surface area contributed by atoms with Crippen molar-refractivity contribution in [2.45, 2.75) is 0 Å². The fourth-order valence-electron chi connectivity index (χ4n) is 1.60. The smallest absolute Gasteiger partial charge is 0.130 e. The van der Waals surface area contributed by atoms with Crippen LogP contribution in [-0.2, 0) is 0 Å². The van der Waals surface area contributed by atoms with Gasteiger partial charge in [0, 0.05) is 4.47 Å². The summed E-state index contributed by atoms with van der Waals surface area (Å²) in [6.07, 6.45) is 1.58. The molecule has 2 nitrogen and oxygen atoms in total. The third-order valence-electron chi connectivity index (χ3n) is 2.40. The monoisotopic (exact) mass is 282 g/mol. The van der Waals surface area contributed by atoms with Crippen molar-refractivity contribution < 1.29 is 0 Å². The predicted octanol–water partition coefficient (Wildman–Crippen LogP) is 4.03. The Morgan fingerprint density at radius 3 is 2.59 bits per heavy atom. The van der Waals surface area contributed by atoms with Crippen molar-refractivity contribution in [2.75, 3.05) is 0 Å². The van der Waals surface area contributed by atoms with Gasteiger partial charge in [0.15, 0.2) is 0 Å². The highest BCUT2D eigenvalue weighted by atomic mass is 79.9. The second-order valence-electron chi connectivity index (χ2n) is 3.50. The second-order valence-corrected chi connectivity index (χ2v) is 4.36. The highest BCUT2D eigenvalue weighted by molar-refractivity contribution is 9.10. The van der Waals surface area contributed by atoms with Gasteiger partial charge in [0.2, 0.25) is 0 Å². The maximum absolute atomic E-state index is 8.71.